The zero-order valence-corrected chi connectivity index (χ0v) is 13.5. The van der Waals surface area contributed by atoms with E-state index in [4.69, 9.17) is 0 Å². The maximum absolute atomic E-state index is 4.25. The lowest BCUT2D eigenvalue weighted by Gasteiger charge is -2.15. The number of pyridine rings is 1. The molecule has 0 spiro atoms. The lowest BCUT2D eigenvalue weighted by atomic mass is 9.99. The molecule has 4 nitrogen and oxygen atoms in total. The molecule has 4 heteroatoms. The van der Waals surface area contributed by atoms with E-state index in [1.54, 1.807) is 0 Å². The van der Waals surface area contributed by atoms with E-state index in [1.165, 1.54) is 27.7 Å². The molecule has 0 amide bonds. The molecule has 1 aromatic carbocycles. The van der Waals surface area contributed by atoms with Crippen LogP contribution in [0.25, 0.3) is 16.3 Å². The largest absolute Gasteiger partial charge is 0.306 e. The molecule has 0 aliphatic carbocycles. The van der Waals surface area contributed by atoms with E-state index < -0.39 is 0 Å². The summed E-state index contributed by atoms with van der Waals surface area (Å²) in [5.41, 5.74) is 3.80. The van der Waals surface area contributed by atoms with E-state index in [9.17, 15) is 0 Å². The average Bonchev–Trinajstić information content (AvgIpc) is 3.03. The second kappa shape index (κ2) is 4.57. The standard InChI is InChI=1S/C18H21N4/c1-12-5-6-14-10-22-11-19-8-15(22)7-16(14)17(12)18-20(3)9-13(2)21(18)4/h5-8,10-11,13H,9H2,1-4H3/q+1. The van der Waals surface area contributed by atoms with Gasteiger partial charge in [-0.2, -0.15) is 0 Å². The second-order valence-corrected chi connectivity index (χ2v) is 6.42. The van der Waals surface area contributed by atoms with Crippen LogP contribution in [0.4, 0.5) is 0 Å². The number of aryl methyl sites for hydroxylation is 1. The average molecular weight is 293 g/mol. The monoisotopic (exact) mass is 293 g/mol. The third kappa shape index (κ3) is 1.76. The van der Waals surface area contributed by atoms with Gasteiger partial charge < -0.3 is 4.40 Å². The summed E-state index contributed by atoms with van der Waals surface area (Å²) in [6.45, 7) is 5.54. The van der Waals surface area contributed by atoms with E-state index in [0.717, 1.165) is 12.1 Å². The lowest BCUT2D eigenvalue weighted by molar-refractivity contribution is -0.489. The molecule has 1 aliphatic rings. The Kier molecular flexibility index (Phi) is 2.76. The summed E-state index contributed by atoms with van der Waals surface area (Å²) in [4.78, 5) is 6.64. The second-order valence-electron chi connectivity index (χ2n) is 6.42. The van der Waals surface area contributed by atoms with Crippen LogP contribution in [0, 0.1) is 6.92 Å². The Labute approximate surface area is 130 Å². The zero-order valence-electron chi connectivity index (χ0n) is 13.5. The summed E-state index contributed by atoms with van der Waals surface area (Å²) in [7, 11) is 4.38. The third-order valence-corrected chi connectivity index (χ3v) is 4.87. The van der Waals surface area contributed by atoms with Crippen LogP contribution in [-0.2, 0) is 0 Å². The van der Waals surface area contributed by atoms with Crippen LogP contribution < -0.4 is 0 Å². The van der Waals surface area contributed by atoms with Gasteiger partial charge in [-0.3, -0.25) is 9.48 Å². The molecule has 4 rings (SSSR count). The minimum Gasteiger partial charge on any atom is -0.306 e. The molecule has 0 fully saturated rings. The minimum atomic E-state index is 0.536. The first kappa shape index (κ1) is 13.3. The topological polar surface area (TPSA) is 23.6 Å². The number of aromatic nitrogens is 2. The molecule has 1 atom stereocenters. The number of hydrogen-bond acceptors (Lipinski definition) is 2. The van der Waals surface area contributed by atoms with Crippen LogP contribution in [0.3, 0.4) is 0 Å². The van der Waals surface area contributed by atoms with Crippen molar-refractivity contribution >= 4 is 22.1 Å². The van der Waals surface area contributed by atoms with Crippen molar-refractivity contribution in [1.82, 2.24) is 14.3 Å². The lowest BCUT2D eigenvalue weighted by Crippen LogP contribution is -2.31. The van der Waals surface area contributed by atoms with E-state index in [1.807, 2.05) is 12.5 Å². The number of imidazole rings is 1. The SMILES string of the molecule is Cc1ccc2cn3cncc3cc2c1C1=[N+](C)CC(C)N1C. The number of nitrogens with zero attached hydrogens (tertiary/aromatic N) is 4. The van der Waals surface area contributed by atoms with E-state index in [-0.39, 0.29) is 0 Å². The smallest absolute Gasteiger partial charge is 0.280 e. The maximum Gasteiger partial charge on any atom is 0.280 e. The third-order valence-electron chi connectivity index (χ3n) is 4.87. The first-order chi connectivity index (χ1) is 10.6. The molecule has 1 aliphatic heterocycles. The van der Waals surface area contributed by atoms with Crippen LogP contribution in [0.15, 0.2) is 36.9 Å². The normalized spacial score (nSPS) is 18.9. The molecule has 0 radical (unpaired) electrons. The fourth-order valence-electron chi connectivity index (χ4n) is 3.59. The number of fused-ring (bicyclic) bond motifs is 2. The van der Waals surface area contributed by atoms with Gasteiger partial charge in [-0.05, 0) is 30.9 Å². The molecule has 2 aromatic heterocycles. The van der Waals surface area contributed by atoms with Crippen molar-refractivity contribution < 1.29 is 4.58 Å². The van der Waals surface area contributed by atoms with Gasteiger partial charge in [0.2, 0.25) is 0 Å². The zero-order chi connectivity index (χ0) is 15.4. The number of benzene rings is 1. The Morgan fingerprint density at radius 1 is 1.32 bits per heavy atom. The van der Waals surface area contributed by atoms with Crippen molar-refractivity contribution in [2.24, 2.45) is 0 Å². The first-order valence-electron chi connectivity index (χ1n) is 7.72. The van der Waals surface area contributed by atoms with Crippen LogP contribution in [0.2, 0.25) is 0 Å². The summed E-state index contributed by atoms with van der Waals surface area (Å²) in [5.74, 6) is 1.32. The first-order valence-corrected chi connectivity index (χ1v) is 7.72. The fourth-order valence-corrected chi connectivity index (χ4v) is 3.59. The van der Waals surface area contributed by atoms with Crippen LogP contribution in [-0.4, -0.2) is 51.4 Å². The van der Waals surface area contributed by atoms with Crippen molar-refractivity contribution in [3.63, 3.8) is 0 Å². The number of rotatable bonds is 1. The van der Waals surface area contributed by atoms with Gasteiger partial charge in [0.05, 0.1) is 37.7 Å². The van der Waals surface area contributed by atoms with Gasteiger partial charge in [0.15, 0.2) is 0 Å². The molecule has 0 saturated carbocycles. The van der Waals surface area contributed by atoms with E-state index >= 15 is 0 Å². The summed E-state index contributed by atoms with van der Waals surface area (Å²) in [5, 5.41) is 2.55. The summed E-state index contributed by atoms with van der Waals surface area (Å²) < 4.78 is 4.45. The van der Waals surface area contributed by atoms with Gasteiger partial charge in [-0.15, -0.1) is 0 Å². The molecule has 0 bridgehead atoms. The molecule has 0 saturated heterocycles. The summed E-state index contributed by atoms with van der Waals surface area (Å²) in [6.07, 6.45) is 5.94. The van der Waals surface area contributed by atoms with Gasteiger partial charge in [0.1, 0.15) is 12.6 Å². The Hall–Kier alpha value is -2.36. The molecule has 112 valence electrons. The molecule has 3 heterocycles. The molecule has 22 heavy (non-hydrogen) atoms. The summed E-state index contributed by atoms with van der Waals surface area (Å²) in [6, 6.07) is 7.21. The fraction of sp³-hybridized carbons (Fsp3) is 0.333. The van der Waals surface area contributed by atoms with Crippen molar-refractivity contribution in [3.8, 4) is 0 Å². The molecular weight excluding hydrogens is 272 g/mol. The summed E-state index contributed by atoms with van der Waals surface area (Å²) >= 11 is 0. The molecule has 0 N–H and O–H groups in total. The highest BCUT2D eigenvalue weighted by Gasteiger charge is 2.34. The quantitative estimate of drug-likeness (QED) is 0.644. The van der Waals surface area contributed by atoms with Crippen LogP contribution >= 0.6 is 0 Å². The van der Waals surface area contributed by atoms with Crippen molar-refractivity contribution in [3.05, 3.63) is 48.0 Å². The van der Waals surface area contributed by atoms with E-state index in [2.05, 4.69) is 71.2 Å². The van der Waals surface area contributed by atoms with Gasteiger partial charge in [-0.1, -0.05) is 12.1 Å². The highest BCUT2D eigenvalue weighted by atomic mass is 15.3. The Morgan fingerprint density at radius 2 is 2.14 bits per heavy atom. The minimum absolute atomic E-state index is 0.536. The maximum atomic E-state index is 4.25. The van der Waals surface area contributed by atoms with Crippen LogP contribution in [0.1, 0.15) is 18.1 Å². The van der Waals surface area contributed by atoms with Gasteiger partial charge in [-0.25, -0.2) is 4.98 Å². The predicted octanol–water partition coefficient (Wildman–Crippen LogP) is 2.52. The van der Waals surface area contributed by atoms with Gasteiger partial charge in [0, 0.05) is 11.6 Å². The molecule has 1 unspecified atom stereocenters. The molecule has 3 aromatic rings. The van der Waals surface area contributed by atoms with Crippen LogP contribution in [0.5, 0.6) is 0 Å². The number of amidine groups is 1. The van der Waals surface area contributed by atoms with Gasteiger partial charge >= 0.3 is 0 Å². The molecular formula is C18H21N4+. The predicted molar refractivity (Wildman–Crippen MR) is 89.8 cm³/mol. The Balaban J connectivity index is 2.08. The Bertz CT molecular complexity index is 919. The number of likely N-dealkylation sites (N-methyl/N-ethyl adjacent to an activating group) is 2. The van der Waals surface area contributed by atoms with Crippen molar-refractivity contribution in [1.29, 1.82) is 0 Å². The highest BCUT2D eigenvalue weighted by Crippen LogP contribution is 2.27. The van der Waals surface area contributed by atoms with Crippen molar-refractivity contribution in [2.45, 2.75) is 19.9 Å². The van der Waals surface area contributed by atoms with E-state index in [0.29, 0.717) is 6.04 Å². The van der Waals surface area contributed by atoms with Gasteiger partial charge in [0.25, 0.3) is 5.84 Å². The Morgan fingerprint density at radius 3 is 2.86 bits per heavy atom. The van der Waals surface area contributed by atoms with Crippen molar-refractivity contribution in [2.75, 3.05) is 20.6 Å². The highest BCUT2D eigenvalue weighted by molar-refractivity contribution is 6.09. The number of hydrogen-bond donors (Lipinski definition) is 0.